The molecule has 29 heavy (non-hydrogen) atoms. The van der Waals surface area contributed by atoms with Gasteiger partial charge in [-0.1, -0.05) is 17.7 Å². The van der Waals surface area contributed by atoms with Crippen molar-refractivity contribution in [2.45, 2.75) is 0 Å². The first kappa shape index (κ1) is 20.9. The van der Waals surface area contributed by atoms with E-state index in [1.165, 1.54) is 17.0 Å². The third kappa shape index (κ3) is 5.36. The fraction of sp³-hybridized carbons (Fsp3) is 0.350. The highest BCUT2D eigenvalue weighted by atomic mass is 35.5. The molecule has 1 heterocycles. The van der Waals surface area contributed by atoms with Gasteiger partial charge in [-0.15, -0.1) is 0 Å². The molecule has 1 amide bonds. The third-order valence-electron chi connectivity index (χ3n) is 4.61. The van der Waals surface area contributed by atoms with Gasteiger partial charge in [-0.05, 0) is 24.3 Å². The van der Waals surface area contributed by atoms with Crippen molar-refractivity contribution in [3.05, 3.63) is 63.2 Å². The van der Waals surface area contributed by atoms with E-state index in [9.17, 15) is 14.9 Å². The average Bonchev–Trinajstić information content (AvgIpc) is 2.73. The third-order valence-corrected chi connectivity index (χ3v) is 4.85. The molecule has 3 rings (SSSR count). The summed E-state index contributed by atoms with van der Waals surface area (Å²) in [7, 11) is 1.64. The van der Waals surface area contributed by atoms with Gasteiger partial charge in [0.2, 0.25) is 0 Å². The zero-order valence-corrected chi connectivity index (χ0v) is 16.8. The molecule has 0 radical (unpaired) electrons. The Balaban J connectivity index is 1.73. The summed E-state index contributed by atoms with van der Waals surface area (Å²) in [5.41, 5.74) is 0.854. The molecule has 1 aliphatic rings. The van der Waals surface area contributed by atoms with Crippen LogP contribution in [0.5, 0.6) is 5.75 Å². The number of hydrogen-bond acceptors (Lipinski definition) is 6. The van der Waals surface area contributed by atoms with Crippen LogP contribution < -0.4 is 9.64 Å². The number of hydrogen-bond donors (Lipinski definition) is 0. The van der Waals surface area contributed by atoms with Gasteiger partial charge < -0.3 is 19.3 Å². The summed E-state index contributed by atoms with van der Waals surface area (Å²) in [6, 6.07) is 11.4. The summed E-state index contributed by atoms with van der Waals surface area (Å²) in [5, 5.41) is 11.8. The van der Waals surface area contributed by atoms with Gasteiger partial charge in [-0.2, -0.15) is 0 Å². The summed E-state index contributed by atoms with van der Waals surface area (Å²) in [6.07, 6.45) is 0. The van der Waals surface area contributed by atoms with Crippen LogP contribution in [0.3, 0.4) is 0 Å². The number of likely N-dealkylation sites (N-methyl/N-ethyl adjacent to an activating group) is 1. The first-order chi connectivity index (χ1) is 14.0. The van der Waals surface area contributed by atoms with Crippen molar-refractivity contribution in [2.75, 3.05) is 51.4 Å². The quantitative estimate of drug-likeness (QED) is 0.506. The Morgan fingerprint density at radius 1 is 1.28 bits per heavy atom. The summed E-state index contributed by atoms with van der Waals surface area (Å²) in [5.74, 6) is 0.313. The predicted octanol–water partition coefficient (Wildman–Crippen LogP) is 3.24. The molecule has 0 aromatic heterocycles. The first-order valence-electron chi connectivity index (χ1n) is 9.20. The highest BCUT2D eigenvalue weighted by molar-refractivity contribution is 6.30. The lowest BCUT2D eigenvalue weighted by molar-refractivity contribution is -0.384. The Kier molecular flexibility index (Phi) is 6.90. The minimum atomic E-state index is -0.498. The standard InChI is InChI=1S/C20H22ClN3O5/c1-22(7-12-29-17-4-2-3-15(21)13-17)20(25)18-14-16(24(26)27)5-6-19(18)23-8-10-28-11-9-23/h2-6,13-14H,7-12H2,1H3. The molecule has 0 bridgehead atoms. The lowest BCUT2D eigenvalue weighted by Crippen LogP contribution is -2.38. The van der Waals surface area contributed by atoms with E-state index in [4.69, 9.17) is 21.1 Å². The van der Waals surface area contributed by atoms with Crippen LogP contribution in [0, 0.1) is 10.1 Å². The van der Waals surface area contributed by atoms with Crippen LogP contribution in [-0.4, -0.2) is 62.2 Å². The predicted molar refractivity (Wildman–Crippen MR) is 110 cm³/mol. The van der Waals surface area contributed by atoms with Gasteiger partial charge >= 0.3 is 0 Å². The van der Waals surface area contributed by atoms with Gasteiger partial charge in [0, 0.05) is 37.3 Å². The van der Waals surface area contributed by atoms with Crippen LogP contribution in [0.1, 0.15) is 10.4 Å². The topological polar surface area (TPSA) is 85.1 Å². The van der Waals surface area contributed by atoms with Crippen molar-refractivity contribution in [1.82, 2.24) is 4.90 Å². The van der Waals surface area contributed by atoms with Crippen molar-refractivity contribution >= 4 is 28.9 Å². The number of halogens is 1. The number of amides is 1. The molecular formula is C20H22ClN3O5. The number of nitro groups is 1. The molecular weight excluding hydrogens is 398 g/mol. The molecule has 9 heteroatoms. The SMILES string of the molecule is CN(CCOc1cccc(Cl)c1)C(=O)c1cc([N+](=O)[O-])ccc1N1CCOCC1. The van der Waals surface area contributed by atoms with Crippen molar-refractivity contribution in [3.63, 3.8) is 0 Å². The number of ether oxygens (including phenoxy) is 2. The molecule has 0 atom stereocenters. The molecule has 0 unspecified atom stereocenters. The summed E-state index contributed by atoms with van der Waals surface area (Å²) >= 11 is 5.94. The number of anilines is 1. The van der Waals surface area contributed by atoms with Crippen LogP contribution >= 0.6 is 11.6 Å². The van der Waals surface area contributed by atoms with E-state index in [0.717, 1.165) is 0 Å². The van der Waals surface area contributed by atoms with E-state index in [1.807, 2.05) is 4.90 Å². The minimum Gasteiger partial charge on any atom is -0.492 e. The Labute approximate surface area is 173 Å². The summed E-state index contributed by atoms with van der Waals surface area (Å²) in [4.78, 5) is 27.3. The van der Waals surface area contributed by atoms with Crippen molar-refractivity contribution < 1.29 is 19.2 Å². The van der Waals surface area contributed by atoms with Crippen molar-refractivity contribution in [2.24, 2.45) is 0 Å². The van der Waals surface area contributed by atoms with Gasteiger partial charge in [-0.25, -0.2) is 0 Å². The van der Waals surface area contributed by atoms with Crippen LogP contribution in [0.2, 0.25) is 5.02 Å². The molecule has 0 aliphatic carbocycles. The van der Waals surface area contributed by atoms with Crippen LogP contribution in [-0.2, 0) is 4.74 Å². The van der Waals surface area contributed by atoms with Gasteiger partial charge in [0.25, 0.3) is 11.6 Å². The Bertz CT molecular complexity index is 886. The molecule has 154 valence electrons. The lowest BCUT2D eigenvalue weighted by atomic mass is 10.1. The van der Waals surface area contributed by atoms with E-state index in [-0.39, 0.29) is 18.2 Å². The fourth-order valence-corrected chi connectivity index (χ4v) is 3.23. The number of non-ortho nitro benzene ring substituents is 1. The highest BCUT2D eigenvalue weighted by Gasteiger charge is 2.24. The van der Waals surface area contributed by atoms with Crippen LogP contribution in [0.15, 0.2) is 42.5 Å². The Morgan fingerprint density at radius 3 is 2.72 bits per heavy atom. The number of carbonyl (C=O) groups is 1. The van der Waals surface area contributed by atoms with Gasteiger partial charge in [-0.3, -0.25) is 14.9 Å². The second-order valence-corrected chi connectivity index (χ2v) is 7.03. The smallest absolute Gasteiger partial charge is 0.270 e. The average molecular weight is 420 g/mol. The normalized spacial score (nSPS) is 13.8. The molecule has 2 aromatic rings. The second-order valence-electron chi connectivity index (χ2n) is 6.59. The van der Waals surface area contributed by atoms with Gasteiger partial charge in [0.15, 0.2) is 0 Å². The van der Waals surface area contributed by atoms with Gasteiger partial charge in [0.1, 0.15) is 12.4 Å². The number of nitrogens with zero attached hydrogens (tertiary/aromatic N) is 3. The molecule has 0 saturated carbocycles. The molecule has 0 N–H and O–H groups in total. The maximum Gasteiger partial charge on any atom is 0.270 e. The number of morpholine rings is 1. The van der Waals surface area contributed by atoms with E-state index in [0.29, 0.717) is 54.9 Å². The number of rotatable bonds is 7. The number of benzene rings is 2. The Morgan fingerprint density at radius 2 is 2.03 bits per heavy atom. The van der Waals surface area contributed by atoms with E-state index in [1.54, 1.807) is 37.4 Å². The van der Waals surface area contributed by atoms with E-state index < -0.39 is 4.92 Å². The largest absolute Gasteiger partial charge is 0.492 e. The molecule has 1 fully saturated rings. The summed E-state index contributed by atoms with van der Waals surface area (Å²) in [6.45, 7) is 2.93. The van der Waals surface area contributed by atoms with Gasteiger partial charge in [0.05, 0.1) is 35.9 Å². The highest BCUT2D eigenvalue weighted by Crippen LogP contribution is 2.27. The maximum atomic E-state index is 13.0. The van der Waals surface area contributed by atoms with E-state index in [2.05, 4.69) is 0 Å². The Hall–Kier alpha value is -2.84. The first-order valence-corrected chi connectivity index (χ1v) is 9.58. The minimum absolute atomic E-state index is 0.117. The van der Waals surface area contributed by atoms with Crippen LogP contribution in [0.25, 0.3) is 0 Å². The van der Waals surface area contributed by atoms with Crippen LogP contribution in [0.4, 0.5) is 11.4 Å². The molecule has 2 aromatic carbocycles. The second kappa shape index (κ2) is 9.58. The number of carbonyl (C=O) groups excluding carboxylic acids is 1. The molecule has 8 nitrogen and oxygen atoms in total. The fourth-order valence-electron chi connectivity index (χ4n) is 3.05. The molecule has 0 spiro atoms. The van der Waals surface area contributed by atoms with Crippen molar-refractivity contribution in [3.8, 4) is 5.75 Å². The molecule has 1 aliphatic heterocycles. The lowest BCUT2D eigenvalue weighted by Gasteiger charge is -2.31. The molecule has 1 saturated heterocycles. The number of nitro benzene ring substituents is 1. The zero-order valence-electron chi connectivity index (χ0n) is 16.0. The monoisotopic (exact) mass is 419 g/mol. The zero-order chi connectivity index (χ0) is 20.8. The summed E-state index contributed by atoms with van der Waals surface area (Å²) < 4.78 is 11.0. The maximum absolute atomic E-state index is 13.0. The van der Waals surface area contributed by atoms with E-state index >= 15 is 0 Å². The van der Waals surface area contributed by atoms with Crippen molar-refractivity contribution in [1.29, 1.82) is 0 Å².